The zero-order valence-corrected chi connectivity index (χ0v) is 17.2. The van der Waals surface area contributed by atoms with E-state index < -0.39 is 23.6 Å². The topological polar surface area (TPSA) is 64.1 Å². The average molecular weight is 526 g/mol. The van der Waals surface area contributed by atoms with Gasteiger partial charge in [-0.2, -0.15) is 4.39 Å². The van der Waals surface area contributed by atoms with Crippen LogP contribution in [-0.2, 0) is 9.53 Å². The van der Waals surface area contributed by atoms with E-state index in [4.69, 9.17) is 27.9 Å². The minimum Gasteiger partial charge on any atom is -0.372 e. The van der Waals surface area contributed by atoms with Crippen LogP contribution in [0, 0.1) is 17.7 Å². The first-order valence-electron chi connectivity index (χ1n) is 8.08. The molecular weight excluding hydrogens is 514 g/mol. The largest absolute Gasteiger partial charge is 0.372 e. The first-order chi connectivity index (χ1) is 12.9. The van der Waals surface area contributed by atoms with Gasteiger partial charge in [0.2, 0.25) is 11.9 Å². The molecule has 0 radical (unpaired) electrons. The molecule has 4 heterocycles. The van der Waals surface area contributed by atoms with Gasteiger partial charge in [0.05, 0.1) is 35.0 Å². The molecule has 2 aliphatic heterocycles. The molecule has 0 saturated carbocycles. The Morgan fingerprint density at radius 1 is 1.33 bits per heavy atom. The molecule has 0 aliphatic carbocycles. The fourth-order valence-electron chi connectivity index (χ4n) is 3.78. The second-order valence-corrected chi connectivity index (χ2v) is 8.80. The Hall–Kier alpha value is -1.10. The van der Waals surface area contributed by atoms with Crippen molar-refractivity contribution in [3.63, 3.8) is 0 Å². The Balaban J connectivity index is 1.66. The predicted molar refractivity (Wildman–Crippen MR) is 104 cm³/mol. The van der Waals surface area contributed by atoms with Gasteiger partial charge in [0, 0.05) is 21.6 Å². The molecule has 5 atom stereocenters. The van der Waals surface area contributed by atoms with Gasteiger partial charge >= 0.3 is 0 Å². The van der Waals surface area contributed by atoms with Crippen LogP contribution in [0.4, 0.5) is 14.5 Å². The summed E-state index contributed by atoms with van der Waals surface area (Å²) in [5.74, 6) is -3.89. The molecule has 0 unspecified atom stereocenters. The number of fused-ring (bicyclic) bond motifs is 2. The quantitative estimate of drug-likeness (QED) is 0.367. The zero-order chi connectivity index (χ0) is 19.3. The molecule has 142 valence electrons. The molecule has 2 aromatic rings. The van der Waals surface area contributed by atoms with Gasteiger partial charge in [-0.3, -0.25) is 4.79 Å². The van der Waals surface area contributed by atoms with Crippen molar-refractivity contribution < 1.29 is 18.3 Å². The smallest absolute Gasteiger partial charge is 0.249 e. The third-order valence-electron chi connectivity index (χ3n) is 4.89. The van der Waals surface area contributed by atoms with E-state index in [2.05, 4.69) is 37.9 Å². The zero-order valence-electron chi connectivity index (χ0n) is 13.5. The molecule has 4 rings (SSSR count). The number of hydrogen-bond donors (Lipinski definition) is 1. The van der Waals surface area contributed by atoms with Crippen LogP contribution >= 0.6 is 45.8 Å². The number of rotatable bonds is 3. The molecule has 5 nitrogen and oxygen atoms in total. The SMILES string of the molecule is O=C(Nc1cnc(Cl)c(Cl)c1)[C@H]1[C@H](c2ccnc(F)c2F)[C@@H]2O[C@H]1C[C@H]2I. The summed E-state index contributed by atoms with van der Waals surface area (Å²) in [5.41, 5.74) is 0.465. The van der Waals surface area contributed by atoms with E-state index in [0.29, 0.717) is 12.1 Å². The second-order valence-electron chi connectivity index (χ2n) is 6.43. The van der Waals surface area contributed by atoms with Crippen molar-refractivity contribution in [3.8, 4) is 0 Å². The molecule has 27 heavy (non-hydrogen) atoms. The van der Waals surface area contributed by atoms with Gasteiger partial charge < -0.3 is 10.1 Å². The van der Waals surface area contributed by atoms with Crippen LogP contribution in [0.1, 0.15) is 17.9 Å². The number of nitrogens with one attached hydrogen (secondary N) is 1. The normalized spacial score (nSPS) is 29.1. The summed E-state index contributed by atoms with van der Waals surface area (Å²) in [6, 6.07) is 2.88. The highest BCUT2D eigenvalue weighted by Crippen LogP contribution is 2.52. The van der Waals surface area contributed by atoms with E-state index in [1.54, 1.807) is 0 Å². The first kappa shape index (κ1) is 19.2. The van der Waals surface area contributed by atoms with Crippen LogP contribution in [0.25, 0.3) is 0 Å². The molecule has 10 heteroatoms. The third-order valence-corrected chi connectivity index (χ3v) is 6.79. The van der Waals surface area contributed by atoms with Crippen molar-refractivity contribution in [1.29, 1.82) is 0 Å². The summed E-state index contributed by atoms with van der Waals surface area (Å²) in [5, 5.41) is 3.05. The molecule has 1 N–H and O–H groups in total. The summed E-state index contributed by atoms with van der Waals surface area (Å²) in [7, 11) is 0. The number of amides is 1. The number of anilines is 1. The highest BCUT2D eigenvalue weighted by molar-refractivity contribution is 14.1. The molecular formula is C17H12Cl2F2IN3O2. The molecule has 2 saturated heterocycles. The van der Waals surface area contributed by atoms with E-state index in [9.17, 15) is 13.6 Å². The van der Waals surface area contributed by atoms with E-state index >= 15 is 0 Å². The summed E-state index contributed by atoms with van der Waals surface area (Å²) < 4.78 is 34.1. The highest BCUT2D eigenvalue weighted by atomic mass is 127. The number of halogens is 5. The van der Waals surface area contributed by atoms with Gasteiger partial charge in [0.1, 0.15) is 5.15 Å². The van der Waals surface area contributed by atoms with Crippen LogP contribution in [0.5, 0.6) is 0 Å². The number of carbonyl (C=O) groups excluding carboxylic acids is 1. The monoisotopic (exact) mass is 525 g/mol. The van der Waals surface area contributed by atoms with Gasteiger partial charge in [-0.05, 0) is 18.6 Å². The van der Waals surface area contributed by atoms with Crippen molar-refractivity contribution in [2.45, 2.75) is 28.5 Å². The maximum absolute atomic E-state index is 14.4. The Morgan fingerprint density at radius 3 is 2.85 bits per heavy atom. The molecule has 2 aliphatic rings. The van der Waals surface area contributed by atoms with Crippen LogP contribution in [0.3, 0.4) is 0 Å². The van der Waals surface area contributed by atoms with Gasteiger partial charge in [0.25, 0.3) is 0 Å². The number of ether oxygens (including phenoxy) is 1. The molecule has 2 fully saturated rings. The maximum Gasteiger partial charge on any atom is 0.249 e. The Morgan fingerprint density at radius 2 is 2.11 bits per heavy atom. The number of hydrogen-bond acceptors (Lipinski definition) is 4. The van der Waals surface area contributed by atoms with Crippen LogP contribution in [0.2, 0.25) is 10.2 Å². The van der Waals surface area contributed by atoms with E-state index in [0.717, 1.165) is 0 Å². The summed E-state index contributed by atoms with van der Waals surface area (Å²) in [6.07, 6.45) is 2.47. The van der Waals surface area contributed by atoms with Crippen LogP contribution < -0.4 is 5.32 Å². The Labute approximate surface area is 176 Å². The van der Waals surface area contributed by atoms with Crippen molar-refractivity contribution >= 4 is 57.4 Å². The molecule has 0 spiro atoms. The van der Waals surface area contributed by atoms with Crippen molar-refractivity contribution in [1.82, 2.24) is 9.97 Å². The predicted octanol–water partition coefficient (Wildman–Crippen LogP) is 4.37. The lowest BCUT2D eigenvalue weighted by Crippen LogP contribution is -2.39. The molecule has 1 amide bonds. The van der Waals surface area contributed by atoms with Crippen LogP contribution in [0.15, 0.2) is 24.5 Å². The van der Waals surface area contributed by atoms with E-state index in [1.165, 1.54) is 24.5 Å². The number of carbonyl (C=O) groups is 1. The van der Waals surface area contributed by atoms with Crippen LogP contribution in [-0.4, -0.2) is 32.0 Å². The van der Waals surface area contributed by atoms with Crippen molar-refractivity contribution in [3.05, 3.63) is 52.0 Å². The average Bonchev–Trinajstić information content (AvgIpc) is 3.17. The number of alkyl halides is 1. The van der Waals surface area contributed by atoms with Gasteiger partial charge in [-0.1, -0.05) is 45.8 Å². The third kappa shape index (κ3) is 3.41. The lowest BCUT2D eigenvalue weighted by atomic mass is 9.75. The van der Waals surface area contributed by atoms with E-state index in [-0.39, 0.29) is 37.8 Å². The summed E-state index contributed by atoms with van der Waals surface area (Å²) in [6.45, 7) is 0. The Kier molecular flexibility index (Phi) is 5.26. The fraction of sp³-hybridized carbons (Fsp3) is 0.353. The number of aromatic nitrogens is 2. The van der Waals surface area contributed by atoms with Gasteiger partial charge in [0.15, 0.2) is 5.82 Å². The lowest BCUT2D eigenvalue weighted by Gasteiger charge is -2.30. The Bertz CT molecular complexity index is 920. The number of pyridine rings is 2. The van der Waals surface area contributed by atoms with Gasteiger partial charge in [-0.25, -0.2) is 14.4 Å². The minimum absolute atomic E-state index is 0.101. The minimum atomic E-state index is -1.19. The van der Waals surface area contributed by atoms with Crippen molar-refractivity contribution in [2.75, 3.05) is 5.32 Å². The van der Waals surface area contributed by atoms with Gasteiger partial charge in [-0.15, -0.1) is 0 Å². The maximum atomic E-state index is 14.4. The summed E-state index contributed by atoms with van der Waals surface area (Å²) >= 11 is 13.9. The van der Waals surface area contributed by atoms with E-state index in [1.807, 2.05) is 0 Å². The van der Waals surface area contributed by atoms with Crippen molar-refractivity contribution in [2.24, 2.45) is 5.92 Å². The lowest BCUT2D eigenvalue weighted by molar-refractivity contribution is -0.121. The fourth-order valence-corrected chi connectivity index (χ4v) is 5.17. The highest BCUT2D eigenvalue weighted by Gasteiger charge is 2.57. The first-order valence-corrected chi connectivity index (χ1v) is 10.1. The standard InChI is InChI=1S/C17H12Cl2F2IN3O2/c18-8-3-6(5-24-15(8)19)25-17(26)12-10-4-9(22)14(27-10)11(12)7-1-2-23-16(21)13(7)20/h1-3,5,9-12,14H,4H2,(H,25,26)/t9-,10+,11+,12-,14-/m1/s1. The second kappa shape index (κ2) is 7.38. The number of nitrogens with zero attached hydrogens (tertiary/aromatic N) is 2. The summed E-state index contributed by atoms with van der Waals surface area (Å²) in [4.78, 5) is 20.2. The molecule has 0 aromatic carbocycles. The molecule has 2 bridgehead atoms. The molecule has 2 aromatic heterocycles.